The summed E-state index contributed by atoms with van der Waals surface area (Å²) in [5.41, 5.74) is 4.10. The lowest BCUT2D eigenvalue weighted by atomic mass is 10.00. The number of ether oxygens (including phenoxy) is 2. The maximum atomic E-state index is 13.5. The van der Waals surface area contributed by atoms with Gasteiger partial charge in [0.25, 0.3) is 11.6 Å². The number of non-ortho nitro benzene ring substituents is 1. The summed E-state index contributed by atoms with van der Waals surface area (Å²) in [6.07, 6.45) is 1.79. The monoisotopic (exact) mass is 505 g/mol. The van der Waals surface area contributed by atoms with E-state index in [0.717, 1.165) is 16.7 Å². The van der Waals surface area contributed by atoms with Gasteiger partial charge in [0.15, 0.2) is 11.5 Å². The van der Waals surface area contributed by atoms with Crippen LogP contribution in [0.1, 0.15) is 16.7 Å². The van der Waals surface area contributed by atoms with Crippen molar-refractivity contribution in [1.29, 1.82) is 0 Å². The lowest BCUT2D eigenvalue weighted by molar-refractivity contribution is -0.384. The molecule has 0 spiro atoms. The predicted octanol–water partition coefficient (Wildman–Crippen LogP) is 6.02. The number of hydrazone groups is 1. The zero-order valence-corrected chi connectivity index (χ0v) is 20.5. The van der Waals surface area contributed by atoms with Crippen molar-refractivity contribution in [3.63, 3.8) is 0 Å². The highest BCUT2D eigenvalue weighted by Gasteiger charge is 2.32. The first-order valence-electron chi connectivity index (χ1n) is 11.8. The molecule has 0 saturated carbocycles. The number of rotatable bonds is 8. The molecule has 0 bridgehead atoms. The number of benzene rings is 4. The van der Waals surface area contributed by atoms with Crippen LogP contribution >= 0.6 is 0 Å². The molecular formula is C30H23N3O5. The Morgan fingerprint density at radius 3 is 2.24 bits per heavy atom. The number of nitro groups is 1. The molecule has 0 saturated heterocycles. The molecule has 8 heteroatoms. The van der Waals surface area contributed by atoms with Gasteiger partial charge >= 0.3 is 0 Å². The van der Waals surface area contributed by atoms with Gasteiger partial charge in [0.1, 0.15) is 12.3 Å². The van der Waals surface area contributed by atoms with Crippen LogP contribution in [-0.4, -0.2) is 23.7 Å². The minimum Gasteiger partial charge on any atom is -0.493 e. The lowest BCUT2D eigenvalue weighted by Crippen LogP contribution is -2.21. The Hall–Kier alpha value is -5.24. The quantitative estimate of drug-likeness (QED) is 0.166. The standard InChI is InChI=1S/C30H23N3O5/c1-37-28-19-22(14-17-27(28)38-20-21-12-15-25(16-13-21)33(35)36)18-26-29(23-8-4-2-5-9-23)31-32(30(26)34)24-10-6-3-7-11-24/h2-19H,20H2,1H3/b26-18-. The number of para-hydroxylation sites is 1. The van der Waals surface area contributed by atoms with Gasteiger partial charge in [-0.15, -0.1) is 0 Å². The van der Waals surface area contributed by atoms with Gasteiger partial charge in [-0.3, -0.25) is 14.9 Å². The summed E-state index contributed by atoms with van der Waals surface area (Å²) >= 11 is 0. The third-order valence-electron chi connectivity index (χ3n) is 5.97. The van der Waals surface area contributed by atoms with Crippen LogP contribution < -0.4 is 14.5 Å². The highest BCUT2D eigenvalue weighted by molar-refractivity contribution is 6.37. The lowest BCUT2D eigenvalue weighted by Gasteiger charge is -2.12. The molecule has 4 aromatic rings. The van der Waals surface area contributed by atoms with Crippen molar-refractivity contribution >= 4 is 29.1 Å². The van der Waals surface area contributed by atoms with E-state index in [2.05, 4.69) is 5.10 Å². The number of nitro benzene ring substituents is 1. The molecule has 0 aliphatic carbocycles. The van der Waals surface area contributed by atoms with Gasteiger partial charge in [-0.2, -0.15) is 10.1 Å². The molecule has 0 radical (unpaired) electrons. The second-order valence-electron chi connectivity index (χ2n) is 8.45. The van der Waals surface area contributed by atoms with Crippen molar-refractivity contribution in [2.24, 2.45) is 5.10 Å². The van der Waals surface area contributed by atoms with E-state index in [0.29, 0.717) is 28.5 Å². The van der Waals surface area contributed by atoms with Crippen molar-refractivity contribution in [1.82, 2.24) is 0 Å². The van der Waals surface area contributed by atoms with Crippen LogP contribution in [0.25, 0.3) is 6.08 Å². The molecule has 0 unspecified atom stereocenters. The van der Waals surface area contributed by atoms with Gasteiger partial charge in [-0.25, -0.2) is 0 Å². The Morgan fingerprint density at radius 2 is 1.58 bits per heavy atom. The molecule has 8 nitrogen and oxygen atoms in total. The Bertz CT molecular complexity index is 1530. The van der Waals surface area contributed by atoms with Gasteiger partial charge in [0.05, 0.1) is 23.3 Å². The molecule has 1 aliphatic heterocycles. The second kappa shape index (κ2) is 10.8. The van der Waals surface area contributed by atoms with Crippen molar-refractivity contribution < 1.29 is 19.2 Å². The Labute approximate surface area is 219 Å². The van der Waals surface area contributed by atoms with E-state index in [1.807, 2.05) is 66.7 Å². The summed E-state index contributed by atoms with van der Waals surface area (Å²) in [5, 5.41) is 16.9. The zero-order chi connectivity index (χ0) is 26.5. The van der Waals surface area contributed by atoms with E-state index in [4.69, 9.17) is 9.47 Å². The van der Waals surface area contributed by atoms with E-state index >= 15 is 0 Å². The summed E-state index contributed by atoms with van der Waals surface area (Å²) < 4.78 is 11.5. The van der Waals surface area contributed by atoms with E-state index < -0.39 is 4.92 Å². The predicted molar refractivity (Wildman–Crippen MR) is 145 cm³/mol. The molecule has 1 heterocycles. The topological polar surface area (TPSA) is 94.3 Å². The smallest absolute Gasteiger partial charge is 0.281 e. The summed E-state index contributed by atoms with van der Waals surface area (Å²) in [7, 11) is 1.54. The maximum absolute atomic E-state index is 13.5. The number of carbonyl (C=O) groups excluding carboxylic acids is 1. The Kier molecular flexibility index (Phi) is 6.95. The molecule has 1 aliphatic rings. The Balaban J connectivity index is 1.43. The molecular weight excluding hydrogens is 482 g/mol. The van der Waals surface area contributed by atoms with Crippen molar-refractivity contribution in [2.75, 3.05) is 12.1 Å². The molecule has 4 aromatic carbocycles. The number of amides is 1. The normalized spacial score (nSPS) is 13.9. The summed E-state index contributed by atoms with van der Waals surface area (Å²) in [6, 6.07) is 30.4. The highest BCUT2D eigenvalue weighted by Crippen LogP contribution is 2.32. The van der Waals surface area contributed by atoms with E-state index in [1.54, 1.807) is 37.5 Å². The first-order chi connectivity index (χ1) is 18.5. The van der Waals surface area contributed by atoms with Crippen LogP contribution in [0.3, 0.4) is 0 Å². The SMILES string of the molecule is COc1cc(/C=C2\C(=O)N(c3ccccc3)N=C2c2ccccc2)ccc1OCc1ccc([N+](=O)[O-])cc1. The number of carbonyl (C=O) groups is 1. The highest BCUT2D eigenvalue weighted by atomic mass is 16.6. The van der Waals surface area contributed by atoms with E-state index in [1.165, 1.54) is 17.1 Å². The number of hydrogen-bond acceptors (Lipinski definition) is 6. The van der Waals surface area contributed by atoms with Crippen LogP contribution in [-0.2, 0) is 11.4 Å². The average molecular weight is 506 g/mol. The van der Waals surface area contributed by atoms with Crippen LogP contribution in [0.15, 0.2) is 114 Å². The fraction of sp³-hybridized carbons (Fsp3) is 0.0667. The van der Waals surface area contributed by atoms with Crippen LogP contribution in [0.5, 0.6) is 11.5 Å². The average Bonchev–Trinajstić information content (AvgIpc) is 3.29. The molecule has 1 amide bonds. The minimum atomic E-state index is -0.441. The van der Waals surface area contributed by atoms with Crippen molar-refractivity contribution in [2.45, 2.75) is 6.61 Å². The first kappa shape index (κ1) is 24.5. The number of nitrogens with zero attached hydrogens (tertiary/aromatic N) is 3. The van der Waals surface area contributed by atoms with Gasteiger partial charge in [0, 0.05) is 17.7 Å². The second-order valence-corrected chi connectivity index (χ2v) is 8.45. The van der Waals surface area contributed by atoms with Gasteiger partial charge < -0.3 is 9.47 Å². The fourth-order valence-corrected chi connectivity index (χ4v) is 4.03. The van der Waals surface area contributed by atoms with E-state index in [9.17, 15) is 14.9 Å². The summed E-state index contributed by atoms with van der Waals surface area (Å²) in [5.74, 6) is 0.769. The third kappa shape index (κ3) is 5.15. The molecule has 5 rings (SSSR count). The molecule has 0 aromatic heterocycles. The Morgan fingerprint density at radius 1 is 0.895 bits per heavy atom. The van der Waals surface area contributed by atoms with Gasteiger partial charge in [0.2, 0.25) is 0 Å². The first-order valence-corrected chi connectivity index (χ1v) is 11.8. The molecule has 188 valence electrons. The van der Waals surface area contributed by atoms with Crippen molar-refractivity contribution in [3.8, 4) is 11.5 Å². The largest absolute Gasteiger partial charge is 0.493 e. The molecule has 0 atom stereocenters. The molecule has 0 fully saturated rings. The maximum Gasteiger partial charge on any atom is 0.281 e. The fourth-order valence-electron chi connectivity index (χ4n) is 4.03. The molecule has 38 heavy (non-hydrogen) atoms. The van der Waals surface area contributed by atoms with Gasteiger partial charge in [-0.05, 0) is 53.6 Å². The van der Waals surface area contributed by atoms with Crippen LogP contribution in [0.2, 0.25) is 0 Å². The number of anilines is 1. The zero-order valence-electron chi connectivity index (χ0n) is 20.5. The van der Waals surface area contributed by atoms with E-state index in [-0.39, 0.29) is 18.2 Å². The molecule has 0 N–H and O–H groups in total. The summed E-state index contributed by atoms with van der Waals surface area (Å²) in [4.78, 5) is 23.9. The van der Waals surface area contributed by atoms with Crippen molar-refractivity contribution in [3.05, 3.63) is 136 Å². The van der Waals surface area contributed by atoms with Crippen LogP contribution in [0.4, 0.5) is 11.4 Å². The number of methoxy groups -OCH3 is 1. The summed E-state index contributed by atoms with van der Waals surface area (Å²) in [6.45, 7) is 0.212. The minimum absolute atomic E-state index is 0.0226. The number of hydrogen-bond donors (Lipinski definition) is 0. The van der Waals surface area contributed by atoms with Crippen LogP contribution in [0, 0.1) is 10.1 Å². The third-order valence-corrected chi connectivity index (χ3v) is 5.97. The van der Waals surface area contributed by atoms with Gasteiger partial charge in [-0.1, -0.05) is 54.6 Å².